The van der Waals surface area contributed by atoms with Crippen molar-refractivity contribution in [1.82, 2.24) is 0 Å². The van der Waals surface area contributed by atoms with Crippen LogP contribution in [0.25, 0.3) is 0 Å². The van der Waals surface area contributed by atoms with Gasteiger partial charge in [-0.3, -0.25) is 4.79 Å². The minimum atomic E-state index is -0.836. The predicted molar refractivity (Wildman–Crippen MR) is 88.5 cm³/mol. The van der Waals surface area contributed by atoms with E-state index >= 15 is 0 Å². The number of rotatable bonds is 4. The van der Waals surface area contributed by atoms with E-state index in [1.165, 1.54) is 4.90 Å². The Morgan fingerprint density at radius 2 is 1.82 bits per heavy atom. The zero-order valence-electron chi connectivity index (χ0n) is 13.1. The van der Waals surface area contributed by atoms with Crippen molar-refractivity contribution in [3.8, 4) is 0 Å². The number of para-hydroxylation sites is 1. The summed E-state index contributed by atoms with van der Waals surface area (Å²) in [5.41, 5.74) is 1.29. The fourth-order valence-electron chi connectivity index (χ4n) is 2.16. The second kappa shape index (κ2) is 6.75. The van der Waals surface area contributed by atoms with Crippen molar-refractivity contribution in [3.05, 3.63) is 51.7 Å². The number of ether oxygens (including phenoxy) is 1. The Balaban J connectivity index is 2.05. The summed E-state index contributed by atoms with van der Waals surface area (Å²) in [6, 6.07) is 11.0. The Bertz CT molecular complexity index is 678. The number of aryl methyl sites for hydroxylation is 2. The lowest BCUT2D eigenvalue weighted by Gasteiger charge is -2.21. The van der Waals surface area contributed by atoms with Gasteiger partial charge in [0.15, 0.2) is 6.10 Å². The van der Waals surface area contributed by atoms with Gasteiger partial charge in [-0.1, -0.05) is 18.2 Å². The van der Waals surface area contributed by atoms with E-state index in [0.717, 1.165) is 15.4 Å². The molecule has 2 aromatic rings. The van der Waals surface area contributed by atoms with Crippen LogP contribution in [0.2, 0.25) is 0 Å². The van der Waals surface area contributed by atoms with Crippen LogP contribution in [0.15, 0.2) is 36.4 Å². The predicted octanol–water partition coefficient (Wildman–Crippen LogP) is 3.57. The lowest BCUT2D eigenvalue weighted by Crippen LogP contribution is -2.37. The maximum atomic E-state index is 12.4. The number of likely N-dealkylation sites (N-methyl/N-ethyl adjacent to an activating group) is 1. The average molecular weight is 317 g/mol. The summed E-state index contributed by atoms with van der Waals surface area (Å²) in [4.78, 5) is 28.0. The number of hydrogen-bond donors (Lipinski definition) is 0. The standard InChI is InChI=1S/C17H19NO3S/c1-11-10-15(13(3)22-11)17(20)21-12(2)16(19)18(4)14-8-6-5-7-9-14/h5-10,12H,1-4H3/t12-/m0/s1. The summed E-state index contributed by atoms with van der Waals surface area (Å²) in [5.74, 6) is -0.715. The van der Waals surface area contributed by atoms with Crippen LogP contribution in [-0.4, -0.2) is 25.0 Å². The third kappa shape index (κ3) is 3.54. The molecule has 1 aromatic carbocycles. The summed E-state index contributed by atoms with van der Waals surface area (Å²) < 4.78 is 5.31. The van der Waals surface area contributed by atoms with Gasteiger partial charge in [-0.25, -0.2) is 4.79 Å². The molecular weight excluding hydrogens is 298 g/mol. The normalized spacial score (nSPS) is 11.8. The monoisotopic (exact) mass is 317 g/mol. The molecule has 4 nitrogen and oxygen atoms in total. The van der Waals surface area contributed by atoms with Crippen LogP contribution in [0, 0.1) is 13.8 Å². The molecule has 22 heavy (non-hydrogen) atoms. The highest BCUT2D eigenvalue weighted by molar-refractivity contribution is 7.12. The Morgan fingerprint density at radius 1 is 1.18 bits per heavy atom. The van der Waals surface area contributed by atoms with E-state index < -0.39 is 12.1 Å². The summed E-state index contributed by atoms with van der Waals surface area (Å²) >= 11 is 1.54. The Hall–Kier alpha value is -2.14. The first-order valence-electron chi connectivity index (χ1n) is 7.00. The second-order valence-corrected chi connectivity index (χ2v) is 6.57. The maximum absolute atomic E-state index is 12.4. The van der Waals surface area contributed by atoms with Crippen LogP contribution < -0.4 is 4.90 Å². The summed E-state index contributed by atoms with van der Waals surface area (Å²) in [5, 5.41) is 0. The fourth-order valence-corrected chi connectivity index (χ4v) is 3.07. The molecule has 0 saturated carbocycles. The van der Waals surface area contributed by atoms with E-state index in [1.54, 1.807) is 31.4 Å². The molecule has 0 bridgehead atoms. The molecule has 0 fully saturated rings. The van der Waals surface area contributed by atoms with Crippen molar-refractivity contribution in [1.29, 1.82) is 0 Å². The number of amides is 1. The molecule has 1 atom stereocenters. The Morgan fingerprint density at radius 3 is 2.36 bits per heavy atom. The largest absolute Gasteiger partial charge is 0.449 e. The van der Waals surface area contributed by atoms with Crippen LogP contribution in [0.1, 0.15) is 27.0 Å². The van der Waals surface area contributed by atoms with E-state index in [1.807, 2.05) is 44.2 Å². The molecule has 0 N–H and O–H groups in total. The van der Waals surface area contributed by atoms with Crippen LogP contribution >= 0.6 is 11.3 Å². The lowest BCUT2D eigenvalue weighted by atomic mass is 10.2. The zero-order valence-corrected chi connectivity index (χ0v) is 13.9. The molecule has 0 radical (unpaired) electrons. The molecule has 0 aliphatic heterocycles. The average Bonchev–Trinajstić information content (AvgIpc) is 2.85. The molecule has 5 heteroatoms. The highest BCUT2D eigenvalue weighted by Crippen LogP contribution is 2.22. The third-order valence-corrected chi connectivity index (χ3v) is 4.33. The topological polar surface area (TPSA) is 46.6 Å². The number of hydrogen-bond acceptors (Lipinski definition) is 4. The summed E-state index contributed by atoms with van der Waals surface area (Å²) in [6.07, 6.45) is -0.836. The van der Waals surface area contributed by atoms with Gasteiger partial charge < -0.3 is 9.64 Å². The smallest absolute Gasteiger partial charge is 0.340 e. The Labute approximate surface area is 134 Å². The van der Waals surface area contributed by atoms with Crippen LogP contribution in [0.3, 0.4) is 0 Å². The van der Waals surface area contributed by atoms with E-state index in [0.29, 0.717) is 5.56 Å². The molecule has 0 spiro atoms. The number of anilines is 1. The summed E-state index contributed by atoms with van der Waals surface area (Å²) in [7, 11) is 1.67. The molecule has 1 aromatic heterocycles. The molecule has 0 unspecified atom stereocenters. The van der Waals surface area contributed by atoms with Gasteiger partial charge in [0.1, 0.15) is 0 Å². The summed E-state index contributed by atoms with van der Waals surface area (Å²) in [6.45, 7) is 5.40. The molecule has 0 saturated heterocycles. The van der Waals surface area contributed by atoms with Crippen molar-refractivity contribution in [2.24, 2.45) is 0 Å². The highest BCUT2D eigenvalue weighted by atomic mass is 32.1. The van der Waals surface area contributed by atoms with Crippen molar-refractivity contribution in [2.45, 2.75) is 26.9 Å². The molecule has 0 aliphatic carbocycles. The van der Waals surface area contributed by atoms with Crippen molar-refractivity contribution >= 4 is 28.9 Å². The molecule has 1 amide bonds. The van der Waals surface area contributed by atoms with Gasteiger partial charge in [0.05, 0.1) is 5.56 Å². The highest BCUT2D eigenvalue weighted by Gasteiger charge is 2.24. The second-order valence-electron chi connectivity index (χ2n) is 5.11. The number of thiophene rings is 1. The maximum Gasteiger partial charge on any atom is 0.340 e. The van der Waals surface area contributed by atoms with Crippen LogP contribution in [-0.2, 0) is 9.53 Å². The number of nitrogens with zero attached hydrogens (tertiary/aromatic N) is 1. The molecular formula is C17H19NO3S. The van der Waals surface area contributed by atoms with E-state index in [2.05, 4.69) is 0 Å². The zero-order chi connectivity index (χ0) is 16.3. The van der Waals surface area contributed by atoms with Crippen LogP contribution in [0.4, 0.5) is 5.69 Å². The minimum Gasteiger partial charge on any atom is -0.449 e. The minimum absolute atomic E-state index is 0.260. The first-order chi connectivity index (χ1) is 10.4. The third-order valence-electron chi connectivity index (χ3n) is 3.37. The first kappa shape index (κ1) is 16.2. The van der Waals surface area contributed by atoms with Crippen molar-refractivity contribution in [2.75, 3.05) is 11.9 Å². The van der Waals surface area contributed by atoms with Gasteiger partial charge >= 0.3 is 5.97 Å². The van der Waals surface area contributed by atoms with Gasteiger partial charge in [-0.15, -0.1) is 11.3 Å². The number of benzene rings is 1. The molecule has 2 rings (SSSR count). The van der Waals surface area contributed by atoms with Crippen molar-refractivity contribution in [3.63, 3.8) is 0 Å². The quantitative estimate of drug-likeness (QED) is 0.810. The molecule has 116 valence electrons. The fraction of sp³-hybridized carbons (Fsp3) is 0.294. The van der Waals surface area contributed by atoms with Gasteiger partial charge in [-0.05, 0) is 39.0 Å². The SMILES string of the molecule is Cc1cc(C(=O)O[C@@H](C)C(=O)N(C)c2ccccc2)c(C)s1. The van der Waals surface area contributed by atoms with Gasteiger partial charge in [0.25, 0.3) is 5.91 Å². The Kier molecular flexibility index (Phi) is 4.98. The van der Waals surface area contributed by atoms with E-state index in [9.17, 15) is 9.59 Å². The van der Waals surface area contributed by atoms with E-state index in [4.69, 9.17) is 4.74 Å². The van der Waals surface area contributed by atoms with Crippen LogP contribution in [0.5, 0.6) is 0 Å². The van der Waals surface area contributed by atoms with Gasteiger partial charge in [-0.2, -0.15) is 0 Å². The van der Waals surface area contributed by atoms with E-state index in [-0.39, 0.29) is 5.91 Å². The van der Waals surface area contributed by atoms with Gasteiger partial charge in [0, 0.05) is 22.5 Å². The number of carbonyl (C=O) groups is 2. The molecule has 0 aliphatic rings. The molecule has 1 heterocycles. The first-order valence-corrected chi connectivity index (χ1v) is 7.82. The van der Waals surface area contributed by atoms with Crippen molar-refractivity contribution < 1.29 is 14.3 Å². The lowest BCUT2D eigenvalue weighted by molar-refractivity contribution is -0.126. The number of esters is 1. The van der Waals surface area contributed by atoms with Gasteiger partial charge in [0.2, 0.25) is 0 Å². The number of carbonyl (C=O) groups excluding carboxylic acids is 2.